The van der Waals surface area contributed by atoms with Crippen LogP contribution in [0.25, 0.3) is 16.3 Å². The molecule has 1 fully saturated rings. The van der Waals surface area contributed by atoms with Crippen LogP contribution in [0.1, 0.15) is 31.1 Å². The Kier molecular flexibility index (Phi) is 4.40. The Morgan fingerprint density at radius 1 is 1.17 bits per heavy atom. The lowest BCUT2D eigenvalue weighted by Crippen LogP contribution is -2.33. The van der Waals surface area contributed by atoms with Crippen molar-refractivity contribution in [3.63, 3.8) is 0 Å². The van der Waals surface area contributed by atoms with Gasteiger partial charge >= 0.3 is 5.97 Å². The Morgan fingerprint density at radius 2 is 1.93 bits per heavy atom. The molecule has 2 aromatic carbocycles. The lowest BCUT2D eigenvalue weighted by atomic mass is 9.99. The highest BCUT2D eigenvalue weighted by Crippen LogP contribution is 2.47. The number of carbonyl (C=O) groups excluding carboxylic acids is 2. The molecule has 7 heteroatoms. The fourth-order valence-electron chi connectivity index (χ4n) is 4.00. The zero-order valence-electron chi connectivity index (χ0n) is 16.5. The van der Waals surface area contributed by atoms with Gasteiger partial charge in [-0.25, -0.2) is 9.78 Å². The topological polar surface area (TPSA) is 62.7 Å². The summed E-state index contributed by atoms with van der Waals surface area (Å²) in [5.41, 5.74) is 4.05. The summed E-state index contributed by atoms with van der Waals surface area (Å²) in [4.78, 5) is 34.1. The molecule has 0 aliphatic carbocycles. The molecule has 0 bridgehead atoms. The predicted octanol–water partition coefficient (Wildman–Crippen LogP) is 4.47. The Hall–Kier alpha value is -3.45. The van der Waals surface area contributed by atoms with Crippen LogP contribution in [0.15, 0.2) is 66.0 Å². The predicted molar refractivity (Wildman–Crippen MR) is 116 cm³/mol. The second-order valence-electron chi connectivity index (χ2n) is 7.08. The molecule has 150 valence electrons. The lowest BCUT2D eigenvalue weighted by molar-refractivity contribution is -0.137. The zero-order valence-corrected chi connectivity index (χ0v) is 17.3. The molecule has 3 aromatic rings. The van der Waals surface area contributed by atoms with E-state index >= 15 is 0 Å². The first-order chi connectivity index (χ1) is 14.6. The molecule has 1 aromatic heterocycles. The number of hydrogen-bond donors (Lipinski definition) is 0. The monoisotopic (exact) mass is 417 g/mol. The van der Waals surface area contributed by atoms with E-state index in [0.29, 0.717) is 10.8 Å². The molecule has 2 aliphatic rings. The minimum absolute atomic E-state index is 0.249. The van der Waals surface area contributed by atoms with E-state index < -0.39 is 12.1 Å². The number of benzene rings is 2. The highest BCUT2D eigenvalue weighted by atomic mass is 32.1. The number of fused-ring (bicyclic) bond motifs is 4. The molecule has 5 rings (SSSR count). The third-order valence-corrected chi connectivity index (χ3v) is 6.27. The molecule has 1 amide bonds. The van der Waals surface area contributed by atoms with Crippen LogP contribution in [0.4, 0.5) is 5.13 Å². The highest BCUT2D eigenvalue weighted by molar-refractivity contribution is 7.22. The van der Waals surface area contributed by atoms with Crippen molar-refractivity contribution >= 4 is 44.6 Å². The Balaban J connectivity index is 1.71. The summed E-state index contributed by atoms with van der Waals surface area (Å²) in [6, 6.07) is 15.8. The molecule has 1 unspecified atom stereocenters. The second kappa shape index (κ2) is 7.11. The lowest BCUT2D eigenvalue weighted by Gasteiger charge is -2.34. The first-order valence-corrected chi connectivity index (χ1v) is 10.5. The Morgan fingerprint density at radius 3 is 2.73 bits per heavy atom. The largest absolute Gasteiger partial charge is 0.463 e. The quantitative estimate of drug-likeness (QED) is 0.465. The molecule has 1 atom stereocenters. The van der Waals surface area contributed by atoms with Gasteiger partial charge in [0.05, 0.1) is 22.9 Å². The summed E-state index contributed by atoms with van der Waals surface area (Å²) in [6.07, 6.45) is 2.91. The van der Waals surface area contributed by atoms with E-state index in [1.807, 2.05) is 66.4 Å². The van der Waals surface area contributed by atoms with Crippen LogP contribution in [0.5, 0.6) is 0 Å². The van der Waals surface area contributed by atoms with Crippen molar-refractivity contribution in [1.29, 1.82) is 0 Å². The maximum Gasteiger partial charge on any atom is 0.333 e. The maximum atomic E-state index is 13.6. The minimum Gasteiger partial charge on any atom is -0.463 e. The standard InChI is InChI=1S/C23H19N3O3S/c1-3-29-20(27)13-18-22(28)26(23-24-17-10-6-7-11-19(17)30-23)21-16-9-5-4-8-15(16)12-14(2)25(18)21/h4-13,21H,3H2,1-2H3/b18-13-. The minimum atomic E-state index is -0.530. The molecule has 1 saturated heterocycles. The van der Waals surface area contributed by atoms with Gasteiger partial charge in [0.1, 0.15) is 11.9 Å². The number of amides is 1. The Labute approximate surface area is 177 Å². The average Bonchev–Trinajstić information content (AvgIpc) is 3.28. The van der Waals surface area contributed by atoms with Crippen LogP contribution >= 0.6 is 11.3 Å². The van der Waals surface area contributed by atoms with Gasteiger partial charge in [0, 0.05) is 11.3 Å². The number of ether oxygens (including phenoxy) is 1. The van der Waals surface area contributed by atoms with Crippen LogP contribution in [-0.4, -0.2) is 28.4 Å². The van der Waals surface area contributed by atoms with Crippen LogP contribution < -0.4 is 4.90 Å². The molecular formula is C23H19N3O3S. The number of hydrogen-bond acceptors (Lipinski definition) is 6. The van der Waals surface area contributed by atoms with Crippen molar-refractivity contribution < 1.29 is 14.3 Å². The molecule has 6 nitrogen and oxygen atoms in total. The summed E-state index contributed by atoms with van der Waals surface area (Å²) >= 11 is 1.47. The maximum absolute atomic E-state index is 13.6. The average molecular weight is 417 g/mol. The number of thiazole rings is 1. The van der Waals surface area contributed by atoms with E-state index in [4.69, 9.17) is 9.72 Å². The number of carbonyl (C=O) groups is 2. The van der Waals surface area contributed by atoms with E-state index in [2.05, 4.69) is 0 Å². The fraction of sp³-hybridized carbons (Fsp3) is 0.174. The number of allylic oxidation sites excluding steroid dienone is 1. The molecule has 0 spiro atoms. The van der Waals surface area contributed by atoms with Gasteiger partial charge in [0.2, 0.25) is 0 Å². The molecule has 0 N–H and O–H groups in total. The molecule has 0 radical (unpaired) electrons. The molecular weight excluding hydrogens is 398 g/mol. The molecule has 2 aliphatic heterocycles. The van der Waals surface area contributed by atoms with Crippen molar-refractivity contribution in [3.05, 3.63) is 77.1 Å². The smallest absolute Gasteiger partial charge is 0.333 e. The summed E-state index contributed by atoms with van der Waals surface area (Å²) in [5.74, 6) is -0.797. The number of anilines is 1. The van der Waals surface area contributed by atoms with E-state index in [9.17, 15) is 9.59 Å². The zero-order chi connectivity index (χ0) is 20.8. The van der Waals surface area contributed by atoms with Gasteiger partial charge in [-0.1, -0.05) is 47.7 Å². The SMILES string of the molecule is CCOC(=O)/C=C1/C(=O)N(c2nc3ccccc3s2)C2c3ccccc3C=C(C)N12. The first kappa shape index (κ1) is 18.6. The molecule has 0 saturated carbocycles. The van der Waals surface area contributed by atoms with Crippen molar-refractivity contribution in [2.75, 3.05) is 11.5 Å². The van der Waals surface area contributed by atoms with E-state index in [0.717, 1.165) is 27.0 Å². The van der Waals surface area contributed by atoms with E-state index in [-0.39, 0.29) is 12.5 Å². The van der Waals surface area contributed by atoms with Gasteiger partial charge < -0.3 is 9.64 Å². The van der Waals surface area contributed by atoms with Gasteiger partial charge in [-0.15, -0.1) is 0 Å². The van der Waals surface area contributed by atoms with Gasteiger partial charge in [0.15, 0.2) is 5.13 Å². The van der Waals surface area contributed by atoms with Crippen LogP contribution in [-0.2, 0) is 14.3 Å². The fourth-order valence-corrected chi connectivity index (χ4v) is 4.99. The summed E-state index contributed by atoms with van der Waals surface area (Å²) in [5, 5.41) is 0.605. The number of nitrogens with zero attached hydrogens (tertiary/aromatic N) is 3. The van der Waals surface area contributed by atoms with Crippen molar-refractivity contribution in [3.8, 4) is 0 Å². The van der Waals surface area contributed by atoms with Crippen LogP contribution in [0, 0.1) is 0 Å². The van der Waals surface area contributed by atoms with Crippen molar-refractivity contribution in [1.82, 2.24) is 9.88 Å². The van der Waals surface area contributed by atoms with Crippen molar-refractivity contribution in [2.45, 2.75) is 20.0 Å². The second-order valence-corrected chi connectivity index (χ2v) is 8.09. The molecule has 3 heterocycles. The van der Waals surface area contributed by atoms with Gasteiger partial charge in [-0.05, 0) is 37.6 Å². The van der Waals surface area contributed by atoms with Gasteiger partial charge in [-0.2, -0.15) is 0 Å². The first-order valence-electron chi connectivity index (χ1n) is 9.72. The number of esters is 1. The number of para-hydroxylation sites is 1. The summed E-state index contributed by atoms with van der Waals surface area (Å²) < 4.78 is 6.09. The van der Waals surface area contributed by atoms with Crippen LogP contribution in [0.3, 0.4) is 0 Å². The number of aromatic nitrogens is 1. The molecule has 30 heavy (non-hydrogen) atoms. The third-order valence-electron chi connectivity index (χ3n) is 5.23. The third kappa shape index (κ3) is 2.81. The Bertz CT molecular complexity index is 1210. The number of rotatable bonds is 3. The summed E-state index contributed by atoms with van der Waals surface area (Å²) in [7, 11) is 0. The highest BCUT2D eigenvalue weighted by Gasteiger charge is 2.47. The normalized spacial score (nSPS) is 19.1. The van der Waals surface area contributed by atoms with E-state index in [1.165, 1.54) is 17.4 Å². The van der Waals surface area contributed by atoms with Gasteiger partial charge in [-0.3, -0.25) is 9.69 Å². The van der Waals surface area contributed by atoms with Crippen LogP contribution in [0.2, 0.25) is 0 Å². The van der Waals surface area contributed by atoms with Gasteiger partial charge in [0.25, 0.3) is 5.91 Å². The van der Waals surface area contributed by atoms with Crippen molar-refractivity contribution in [2.24, 2.45) is 0 Å². The summed E-state index contributed by atoms with van der Waals surface area (Å²) in [6.45, 7) is 3.93. The van der Waals surface area contributed by atoms with E-state index in [1.54, 1.807) is 11.8 Å².